The van der Waals surface area contributed by atoms with Crippen LogP contribution < -0.4 is 4.72 Å². The first kappa shape index (κ1) is 26.8. The highest BCUT2D eigenvalue weighted by molar-refractivity contribution is 7.91. The predicted molar refractivity (Wildman–Crippen MR) is 127 cm³/mol. The molecule has 37 heavy (non-hydrogen) atoms. The number of pyridine rings is 1. The van der Waals surface area contributed by atoms with Gasteiger partial charge in [0, 0.05) is 25.3 Å². The summed E-state index contributed by atoms with van der Waals surface area (Å²) in [5.74, 6) is -0.333. The van der Waals surface area contributed by atoms with Gasteiger partial charge in [-0.15, -0.1) is 0 Å². The second-order valence-corrected chi connectivity index (χ2v) is 12.0. The molecule has 0 saturated carbocycles. The van der Waals surface area contributed by atoms with Gasteiger partial charge in [0.1, 0.15) is 5.69 Å². The molecule has 8 nitrogen and oxygen atoms in total. The highest BCUT2D eigenvalue weighted by atomic mass is 32.2. The van der Waals surface area contributed by atoms with E-state index in [1.165, 1.54) is 35.4 Å². The molecule has 0 bridgehead atoms. The lowest BCUT2D eigenvalue weighted by Gasteiger charge is -2.32. The van der Waals surface area contributed by atoms with Crippen LogP contribution in [0.1, 0.15) is 28.9 Å². The second kappa shape index (κ2) is 10.2. The molecule has 13 heteroatoms. The number of aromatic nitrogens is 1. The Morgan fingerprint density at radius 2 is 1.54 bits per heavy atom. The summed E-state index contributed by atoms with van der Waals surface area (Å²) in [4.78, 5) is 16.1. The van der Waals surface area contributed by atoms with E-state index >= 15 is 0 Å². The number of alkyl halides is 3. The molecule has 2 aromatic carbocycles. The SMILES string of the molecule is O=C(c1ccccn1)N1CCC(NS(=O)(=O)c2cc(S(=O)(=O)c3ccccc3)ccc2C(F)(F)F)CC1. The first-order chi connectivity index (χ1) is 17.4. The zero-order chi connectivity index (χ0) is 26.8. The Morgan fingerprint density at radius 3 is 2.14 bits per heavy atom. The van der Waals surface area contributed by atoms with Crippen LogP contribution in [0.5, 0.6) is 0 Å². The third-order valence-electron chi connectivity index (χ3n) is 5.90. The molecule has 1 fully saturated rings. The summed E-state index contributed by atoms with van der Waals surface area (Å²) in [6, 6.07) is 12.8. The number of halogens is 3. The fraction of sp³-hybridized carbons (Fsp3) is 0.250. The van der Waals surface area contributed by atoms with Crippen LogP contribution in [0, 0.1) is 0 Å². The third kappa shape index (κ3) is 5.84. The van der Waals surface area contributed by atoms with E-state index in [0.29, 0.717) is 12.1 Å². The number of nitrogens with one attached hydrogen (secondary N) is 1. The molecule has 1 aliphatic heterocycles. The Bertz CT molecular complexity index is 1490. The van der Waals surface area contributed by atoms with E-state index in [-0.39, 0.29) is 42.4 Å². The Kier molecular flexibility index (Phi) is 7.40. The largest absolute Gasteiger partial charge is 0.417 e. The van der Waals surface area contributed by atoms with Gasteiger partial charge < -0.3 is 4.90 Å². The van der Waals surface area contributed by atoms with Crippen LogP contribution in [-0.4, -0.2) is 51.8 Å². The van der Waals surface area contributed by atoms with Gasteiger partial charge in [0.15, 0.2) is 0 Å². The van der Waals surface area contributed by atoms with Crippen molar-refractivity contribution in [2.75, 3.05) is 13.1 Å². The van der Waals surface area contributed by atoms with E-state index in [1.807, 2.05) is 0 Å². The van der Waals surface area contributed by atoms with Crippen LogP contribution in [-0.2, 0) is 26.0 Å². The fourth-order valence-corrected chi connectivity index (χ4v) is 6.94. The smallest absolute Gasteiger partial charge is 0.337 e. The first-order valence-electron chi connectivity index (χ1n) is 11.1. The minimum atomic E-state index is -5.04. The summed E-state index contributed by atoms with van der Waals surface area (Å²) in [6.07, 6.45) is -3.27. The molecule has 1 saturated heterocycles. The molecule has 3 aromatic rings. The zero-order valence-corrected chi connectivity index (χ0v) is 20.9. The number of sulfone groups is 1. The van der Waals surface area contributed by atoms with Crippen LogP contribution in [0.15, 0.2) is 87.6 Å². The lowest BCUT2D eigenvalue weighted by Crippen LogP contribution is -2.46. The van der Waals surface area contributed by atoms with Crippen LogP contribution in [0.2, 0.25) is 0 Å². The number of piperidine rings is 1. The van der Waals surface area contributed by atoms with Crippen molar-refractivity contribution in [3.05, 3.63) is 84.2 Å². The van der Waals surface area contributed by atoms with E-state index in [1.54, 1.807) is 24.3 Å². The maximum atomic E-state index is 13.7. The normalized spacial score (nSPS) is 15.5. The molecule has 0 atom stereocenters. The fourth-order valence-electron chi connectivity index (χ4n) is 4.00. The van der Waals surface area contributed by atoms with Gasteiger partial charge in [-0.3, -0.25) is 9.78 Å². The van der Waals surface area contributed by atoms with Crippen molar-refractivity contribution in [1.29, 1.82) is 0 Å². The molecule has 1 N–H and O–H groups in total. The van der Waals surface area contributed by atoms with E-state index in [9.17, 15) is 34.8 Å². The summed E-state index contributed by atoms with van der Waals surface area (Å²) in [5, 5.41) is 0. The summed E-state index contributed by atoms with van der Waals surface area (Å²) in [5.41, 5.74) is -1.25. The monoisotopic (exact) mass is 553 g/mol. The molecule has 2 heterocycles. The molecular weight excluding hydrogens is 531 g/mol. The average Bonchev–Trinajstić information content (AvgIpc) is 2.88. The minimum Gasteiger partial charge on any atom is -0.337 e. The molecule has 0 spiro atoms. The summed E-state index contributed by atoms with van der Waals surface area (Å²) in [6.45, 7) is 0.328. The van der Waals surface area contributed by atoms with E-state index in [2.05, 4.69) is 9.71 Å². The minimum absolute atomic E-state index is 0.154. The molecule has 4 rings (SSSR count). The lowest BCUT2D eigenvalue weighted by molar-refractivity contribution is -0.139. The lowest BCUT2D eigenvalue weighted by atomic mass is 10.1. The van der Waals surface area contributed by atoms with Crippen molar-refractivity contribution >= 4 is 25.8 Å². The van der Waals surface area contributed by atoms with Crippen LogP contribution in [0.25, 0.3) is 0 Å². The maximum Gasteiger partial charge on any atom is 0.417 e. The van der Waals surface area contributed by atoms with E-state index in [4.69, 9.17) is 0 Å². The highest BCUT2D eigenvalue weighted by Gasteiger charge is 2.39. The topological polar surface area (TPSA) is 114 Å². The molecule has 1 aromatic heterocycles. The van der Waals surface area contributed by atoms with E-state index in [0.717, 1.165) is 6.07 Å². The number of hydrogen-bond acceptors (Lipinski definition) is 6. The van der Waals surface area contributed by atoms with Gasteiger partial charge in [0.05, 0.1) is 20.2 Å². The number of nitrogens with zero attached hydrogens (tertiary/aromatic N) is 2. The third-order valence-corrected chi connectivity index (χ3v) is 9.23. The van der Waals surface area contributed by atoms with Crippen LogP contribution in [0.3, 0.4) is 0 Å². The predicted octanol–water partition coefficient (Wildman–Crippen LogP) is 3.52. The Hall–Kier alpha value is -3.29. The van der Waals surface area contributed by atoms with Gasteiger partial charge in [0.2, 0.25) is 19.9 Å². The van der Waals surface area contributed by atoms with Crippen molar-refractivity contribution < 1.29 is 34.8 Å². The number of sulfonamides is 1. The number of amides is 1. The Labute approximate surface area is 212 Å². The van der Waals surface area contributed by atoms with Crippen molar-refractivity contribution in [3.8, 4) is 0 Å². The average molecular weight is 554 g/mol. The van der Waals surface area contributed by atoms with E-state index < -0.39 is 47.4 Å². The molecular formula is C24H22F3N3O5S2. The number of hydrogen-bond donors (Lipinski definition) is 1. The molecule has 0 aliphatic carbocycles. The highest BCUT2D eigenvalue weighted by Crippen LogP contribution is 2.36. The van der Waals surface area contributed by atoms with Crippen LogP contribution >= 0.6 is 0 Å². The molecule has 0 unspecified atom stereocenters. The Morgan fingerprint density at radius 1 is 0.892 bits per heavy atom. The van der Waals surface area contributed by atoms with Gasteiger partial charge in [-0.25, -0.2) is 21.6 Å². The number of carbonyl (C=O) groups excluding carboxylic acids is 1. The van der Waals surface area contributed by atoms with Gasteiger partial charge in [-0.1, -0.05) is 24.3 Å². The number of likely N-dealkylation sites (tertiary alicyclic amines) is 1. The van der Waals surface area contributed by atoms with Crippen molar-refractivity contribution in [2.45, 2.75) is 39.7 Å². The van der Waals surface area contributed by atoms with Gasteiger partial charge in [-0.05, 0) is 55.3 Å². The van der Waals surface area contributed by atoms with Gasteiger partial charge in [0.25, 0.3) is 5.91 Å². The number of rotatable bonds is 6. The number of benzene rings is 2. The Balaban J connectivity index is 1.58. The molecule has 0 radical (unpaired) electrons. The van der Waals surface area contributed by atoms with Gasteiger partial charge >= 0.3 is 6.18 Å². The quantitative estimate of drug-likeness (QED) is 0.500. The molecule has 1 aliphatic rings. The van der Waals surface area contributed by atoms with Crippen molar-refractivity contribution in [1.82, 2.24) is 14.6 Å². The standard InChI is InChI=1S/C24H22F3N3O5S2/c25-24(26,27)20-10-9-19(36(32,33)18-6-2-1-3-7-18)16-22(20)37(34,35)29-17-11-14-30(15-12-17)23(31)21-8-4-5-13-28-21/h1-10,13,16-17,29H,11-12,14-15H2. The molecule has 1 amide bonds. The summed E-state index contributed by atoms with van der Waals surface area (Å²) < 4.78 is 95.6. The second-order valence-electron chi connectivity index (χ2n) is 8.37. The van der Waals surface area contributed by atoms with Crippen LogP contribution in [0.4, 0.5) is 13.2 Å². The van der Waals surface area contributed by atoms with Gasteiger partial charge in [-0.2, -0.15) is 13.2 Å². The number of carbonyl (C=O) groups is 1. The summed E-state index contributed by atoms with van der Waals surface area (Å²) in [7, 11) is -9.05. The summed E-state index contributed by atoms with van der Waals surface area (Å²) >= 11 is 0. The molecule has 196 valence electrons. The zero-order valence-electron chi connectivity index (χ0n) is 19.2. The maximum absolute atomic E-state index is 13.7. The first-order valence-corrected chi connectivity index (χ1v) is 14.1. The van der Waals surface area contributed by atoms with Crippen molar-refractivity contribution in [3.63, 3.8) is 0 Å². The van der Waals surface area contributed by atoms with Crippen molar-refractivity contribution in [2.24, 2.45) is 0 Å².